The van der Waals surface area contributed by atoms with Gasteiger partial charge in [0.2, 0.25) is 0 Å². The molecule has 2 aliphatic rings. The summed E-state index contributed by atoms with van der Waals surface area (Å²) in [6, 6.07) is 11.2. The van der Waals surface area contributed by atoms with Gasteiger partial charge in [-0.25, -0.2) is 0 Å². The Kier molecular flexibility index (Phi) is 7.30. The van der Waals surface area contributed by atoms with E-state index in [1.54, 1.807) is 7.11 Å². The van der Waals surface area contributed by atoms with Crippen molar-refractivity contribution in [2.24, 2.45) is 11.8 Å². The van der Waals surface area contributed by atoms with Crippen LogP contribution in [-0.2, 0) is 6.42 Å². The number of methoxy groups -OCH3 is 1. The minimum absolute atomic E-state index is 0.0783. The summed E-state index contributed by atoms with van der Waals surface area (Å²) in [4.78, 5) is 31.8. The number of ether oxygens (including phenoxy) is 1. The molecule has 6 nitrogen and oxygen atoms in total. The molecule has 37 heavy (non-hydrogen) atoms. The molecule has 1 aromatic carbocycles. The van der Waals surface area contributed by atoms with Crippen LogP contribution in [0.15, 0.2) is 35.1 Å². The molecule has 2 aromatic heterocycles. The number of aryl methyl sites for hydroxylation is 1. The molecule has 0 spiro atoms. The van der Waals surface area contributed by atoms with Gasteiger partial charge >= 0.3 is 0 Å². The lowest BCUT2D eigenvalue weighted by molar-refractivity contribution is 0.0387. The number of carbonyl (C=O) groups excluding carboxylic acids is 1. The number of benzene rings is 1. The van der Waals surface area contributed by atoms with Gasteiger partial charge in [0, 0.05) is 52.9 Å². The second-order valence-corrected chi connectivity index (χ2v) is 11.3. The van der Waals surface area contributed by atoms with Crippen LogP contribution in [0.25, 0.3) is 10.9 Å². The number of nitrogens with zero attached hydrogens (tertiary/aromatic N) is 2. The lowest BCUT2D eigenvalue weighted by Crippen LogP contribution is -2.49. The average molecular weight is 504 g/mol. The number of hydrogen-bond donors (Lipinski definition) is 1. The Morgan fingerprint density at radius 2 is 1.95 bits per heavy atom. The number of piperidine rings is 1. The maximum Gasteiger partial charge on any atom is 0.255 e. The van der Waals surface area contributed by atoms with Gasteiger partial charge in [-0.2, -0.15) is 0 Å². The standard InChI is InChI=1S/C31H41N3O3/c1-19-18-33(23-9-8-10-23)16-15-24(19)21(3)34-22(4)30(25-11-6-7-12-27(25)34)28(35)14-13-26-29(37-5)17-20(2)32-31(26)36/h6-7,11-12,17,19,21,23-24H,8-10,13-16,18H2,1-5H3,(H,32,36). The Balaban J connectivity index is 1.41. The van der Waals surface area contributed by atoms with Crippen molar-refractivity contribution in [2.45, 2.75) is 78.3 Å². The molecule has 1 saturated carbocycles. The first kappa shape index (κ1) is 25.8. The van der Waals surface area contributed by atoms with Gasteiger partial charge in [-0.05, 0) is 77.0 Å². The number of para-hydroxylation sites is 1. The molecule has 6 heteroatoms. The highest BCUT2D eigenvalue weighted by atomic mass is 16.5. The Hall–Kier alpha value is -2.86. The number of rotatable bonds is 8. The molecule has 3 heterocycles. The Labute approximate surface area is 220 Å². The summed E-state index contributed by atoms with van der Waals surface area (Å²) in [6.07, 6.45) is 5.92. The van der Waals surface area contributed by atoms with Crippen molar-refractivity contribution < 1.29 is 9.53 Å². The molecule has 2 fully saturated rings. The van der Waals surface area contributed by atoms with Crippen LogP contribution in [0.1, 0.15) is 79.3 Å². The molecule has 0 radical (unpaired) electrons. The quantitative estimate of drug-likeness (QED) is 0.392. The molecule has 0 amide bonds. The predicted molar refractivity (Wildman–Crippen MR) is 149 cm³/mol. The van der Waals surface area contributed by atoms with Crippen molar-refractivity contribution in [2.75, 3.05) is 20.2 Å². The third-order valence-corrected chi connectivity index (χ3v) is 9.11. The predicted octanol–water partition coefficient (Wildman–Crippen LogP) is 5.84. The highest BCUT2D eigenvalue weighted by Gasteiger charge is 2.36. The second kappa shape index (κ2) is 10.5. The molecule has 3 atom stereocenters. The number of fused-ring (bicyclic) bond motifs is 1. The molecule has 1 N–H and O–H groups in total. The van der Waals surface area contributed by atoms with E-state index in [0.29, 0.717) is 35.6 Å². The van der Waals surface area contributed by atoms with Gasteiger partial charge in [0.05, 0.1) is 12.7 Å². The molecule has 3 unspecified atom stereocenters. The largest absolute Gasteiger partial charge is 0.496 e. The summed E-state index contributed by atoms with van der Waals surface area (Å²) in [5.74, 6) is 1.81. The van der Waals surface area contributed by atoms with Crippen molar-refractivity contribution in [3.05, 3.63) is 63.2 Å². The van der Waals surface area contributed by atoms with Crippen LogP contribution < -0.4 is 10.3 Å². The summed E-state index contributed by atoms with van der Waals surface area (Å²) in [5, 5.41) is 1.01. The number of likely N-dealkylation sites (tertiary alicyclic amines) is 1. The van der Waals surface area contributed by atoms with E-state index in [9.17, 15) is 9.59 Å². The van der Waals surface area contributed by atoms with E-state index in [-0.39, 0.29) is 17.8 Å². The van der Waals surface area contributed by atoms with Gasteiger partial charge < -0.3 is 19.2 Å². The fraction of sp³-hybridized carbons (Fsp3) is 0.548. The molecule has 1 aliphatic carbocycles. The fourth-order valence-electron chi connectivity index (χ4n) is 6.92. The molecular weight excluding hydrogens is 462 g/mol. The number of carbonyl (C=O) groups is 1. The minimum Gasteiger partial charge on any atom is -0.496 e. The van der Waals surface area contributed by atoms with E-state index < -0.39 is 0 Å². The van der Waals surface area contributed by atoms with Crippen LogP contribution in [0.5, 0.6) is 5.75 Å². The molecule has 198 valence electrons. The number of nitrogens with one attached hydrogen (secondary N) is 1. The highest BCUT2D eigenvalue weighted by molar-refractivity contribution is 6.09. The van der Waals surface area contributed by atoms with Gasteiger partial charge in [-0.3, -0.25) is 9.59 Å². The topological polar surface area (TPSA) is 67.3 Å². The zero-order valence-corrected chi connectivity index (χ0v) is 23.0. The van der Waals surface area contributed by atoms with E-state index in [1.807, 2.05) is 19.1 Å². The fourth-order valence-corrected chi connectivity index (χ4v) is 6.92. The molecule has 0 bridgehead atoms. The molecule has 1 aliphatic heterocycles. The van der Waals surface area contributed by atoms with Crippen LogP contribution in [-0.4, -0.2) is 46.5 Å². The summed E-state index contributed by atoms with van der Waals surface area (Å²) in [5.41, 5.74) is 4.07. The molecule has 1 saturated heterocycles. The maximum absolute atomic E-state index is 13.7. The monoisotopic (exact) mass is 503 g/mol. The summed E-state index contributed by atoms with van der Waals surface area (Å²) in [6.45, 7) is 11.0. The first-order valence-corrected chi connectivity index (χ1v) is 13.9. The zero-order chi connectivity index (χ0) is 26.3. The third kappa shape index (κ3) is 4.76. The van der Waals surface area contributed by atoms with Crippen molar-refractivity contribution in [1.29, 1.82) is 0 Å². The molecular formula is C31H41N3O3. The Morgan fingerprint density at radius 1 is 1.19 bits per heavy atom. The Bertz CT molecular complexity index is 1350. The van der Waals surface area contributed by atoms with Gasteiger partial charge in [0.25, 0.3) is 5.56 Å². The number of ketones is 1. The zero-order valence-electron chi connectivity index (χ0n) is 23.0. The minimum atomic E-state index is -0.181. The number of H-pyrrole nitrogens is 1. The third-order valence-electron chi connectivity index (χ3n) is 9.11. The van der Waals surface area contributed by atoms with Crippen molar-refractivity contribution in [3.63, 3.8) is 0 Å². The van der Waals surface area contributed by atoms with Gasteiger partial charge in [0.15, 0.2) is 5.78 Å². The number of hydrogen-bond acceptors (Lipinski definition) is 4. The Morgan fingerprint density at radius 3 is 2.62 bits per heavy atom. The second-order valence-electron chi connectivity index (χ2n) is 11.3. The summed E-state index contributed by atoms with van der Waals surface area (Å²) < 4.78 is 7.86. The summed E-state index contributed by atoms with van der Waals surface area (Å²) in [7, 11) is 1.57. The van der Waals surface area contributed by atoms with Crippen LogP contribution >= 0.6 is 0 Å². The van der Waals surface area contributed by atoms with Crippen LogP contribution in [0.3, 0.4) is 0 Å². The smallest absolute Gasteiger partial charge is 0.255 e. The van der Waals surface area contributed by atoms with Gasteiger partial charge in [-0.15, -0.1) is 0 Å². The van der Waals surface area contributed by atoms with Gasteiger partial charge in [-0.1, -0.05) is 31.5 Å². The summed E-state index contributed by atoms with van der Waals surface area (Å²) >= 11 is 0. The number of Topliss-reactive ketones (excluding diaryl/α,β-unsaturated/α-hetero) is 1. The van der Waals surface area contributed by atoms with Crippen LogP contribution in [0.2, 0.25) is 0 Å². The van der Waals surface area contributed by atoms with E-state index in [0.717, 1.165) is 33.9 Å². The van der Waals surface area contributed by atoms with Crippen LogP contribution in [0.4, 0.5) is 0 Å². The number of pyridine rings is 1. The van der Waals surface area contributed by atoms with Gasteiger partial charge in [0.1, 0.15) is 5.75 Å². The lowest BCUT2D eigenvalue weighted by Gasteiger charge is -2.46. The first-order valence-electron chi connectivity index (χ1n) is 13.9. The number of aromatic nitrogens is 2. The van der Waals surface area contributed by atoms with Crippen molar-refractivity contribution in [3.8, 4) is 5.75 Å². The van der Waals surface area contributed by atoms with Crippen molar-refractivity contribution >= 4 is 16.7 Å². The molecule has 5 rings (SSSR count). The molecule has 3 aromatic rings. The number of aromatic amines is 1. The van der Waals surface area contributed by atoms with E-state index >= 15 is 0 Å². The van der Waals surface area contributed by atoms with Crippen LogP contribution in [0, 0.1) is 25.7 Å². The SMILES string of the molecule is COc1cc(C)[nH]c(=O)c1CCC(=O)c1c(C)n(C(C)C2CCN(C3CCC3)CC2C)c2ccccc12. The average Bonchev–Trinajstić information content (AvgIpc) is 3.13. The maximum atomic E-state index is 13.7. The van der Waals surface area contributed by atoms with Crippen molar-refractivity contribution in [1.82, 2.24) is 14.5 Å². The van der Waals surface area contributed by atoms with E-state index in [2.05, 4.69) is 53.4 Å². The van der Waals surface area contributed by atoms with E-state index in [1.165, 1.54) is 38.8 Å². The highest BCUT2D eigenvalue weighted by Crippen LogP contribution is 2.40. The van der Waals surface area contributed by atoms with E-state index in [4.69, 9.17) is 4.74 Å². The lowest BCUT2D eigenvalue weighted by atomic mass is 9.79. The normalized spacial score (nSPS) is 21.6. The first-order chi connectivity index (χ1) is 17.8.